The Hall–Kier alpha value is -1.78. The average molecular weight is 209 g/mol. The van der Waals surface area contributed by atoms with Crippen LogP contribution in [0.2, 0.25) is 0 Å². The highest BCUT2D eigenvalue weighted by Crippen LogP contribution is 2.26. The molecule has 0 aliphatic rings. The van der Waals surface area contributed by atoms with Gasteiger partial charge in [-0.15, -0.1) is 0 Å². The lowest BCUT2D eigenvalue weighted by molar-refractivity contribution is -0.384. The molecule has 0 unspecified atom stereocenters. The molecule has 1 aromatic carbocycles. The lowest BCUT2D eigenvalue weighted by atomic mass is 10.2. The molecule has 0 saturated carbocycles. The maximum Gasteiger partial charge on any atom is 0.271 e. The second-order valence-electron chi connectivity index (χ2n) is 3.05. The van der Waals surface area contributed by atoms with E-state index in [1.807, 2.05) is 13.8 Å². The third-order valence-electron chi connectivity index (χ3n) is 1.95. The van der Waals surface area contributed by atoms with E-state index in [0.717, 1.165) is 24.5 Å². The normalized spacial score (nSPS) is 9.73. The Morgan fingerprint density at radius 1 is 1.20 bits per heavy atom. The molecular formula is C10H15N3O2. The summed E-state index contributed by atoms with van der Waals surface area (Å²) in [7, 11) is 0. The van der Waals surface area contributed by atoms with Crippen LogP contribution >= 0.6 is 0 Å². The summed E-state index contributed by atoms with van der Waals surface area (Å²) in [5, 5.41) is 16.8. The Morgan fingerprint density at radius 3 is 2.33 bits per heavy atom. The van der Waals surface area contributed by atoms with Crippen LogP contribution in [-0.4, -0.2) is 18.0 Å². The summed E-state index contributed by atoms with van der Waals surface area (Å²) in [5.74, 6) is 0. The van der Waals surface area contributed by atoms with E-state index in [1.165, 1.54) is 6.07 Å². The number of hydrogen-bond donors (Lipinski definition) is 2. The molecule has 0 bridgehead atoms. The maximum absolute atomic E-state index is 10.6. The smallest absolute Gasteiger partial charge is 0.271 e. The first kappa shape index (κ1) is 11.3. The molecule has 0 aliphatic heterocycles. The second kappa shape index (κ2) is 5.19. The molecule has 0 spiro atoms. The van der Waals surface area contributed by atoms with Crippen LogP contribution in [0.4, 0.5) is 17.1 Å². The van der Waals surface area contributed by atoms with Gasteiger partial charge < -0.3 is 10.6 Å². The molecule has 0 fully saturated rings. The van der Waals surface area contributed by atoms with Crippen molar-refractivity contribution in [3.63, 3.8) is 0 Å². The number of hydrogen-bond acceptors (Lipinski definition) is 4. The van der Waals surface area contributed by atoms with Gasteiger partial charge >= 0.3 is 0 Å². The van der Waals surface area contributed by atoms with Crippen LogP contribution in [-0.2, 0) is 0 Å². The Labute approximate surface area is 88.6 Å². The van der Waals surface area contributed by atoms with Crippen LogP contribution < -0.4 is 10.6 Å². The number of benzene rings is 1. The van der Waals surface area contributed by atoms with Crippen molar-refractivity contribution in [3.05, 3.63) is 28.3 Å². The Kier molecular flexibility index (Phi) is 3.91. The van der Waals surface area contributed by atoms with Crippen LogP contribution in [0.3, 0.4) is 0 Å². The van der Waals surface area contributed by atoms with Crippen molar-refractivity contribution in [2.24, 2.45) is 0 Å². The monoisotopic (exact) mass is 209 g/mol. The van der Waals surface area contributed by atoms with Crippen molar-refractivity contribution in [2.75, 3.05) is 23.7 Å². The number of rotatable bonds is 5. The molecule has 0 aliphatic carbocycles. The Bertz CT molecular complexity index is 353. The molecule has 0 radical (unpaired) electrons. The summed E-state index contributed by atoms with van der Waals surface area (Å²) in [6.45, 7) is 5.46. The molecule has 2 N–H and O–H groups in total. The van der Waals surface area contributed by atoms with Gasteiger partial charge in [-0.05, 0) is 19.9 Å². The third-order valence-corrected chi connectivity index (χ3v) is 1.95. The summed E-state index contributed by atoms with van der Waals surface area (Å²) in [6, 6.07) is 4.76. The van der Waals surface area contributed by atoms with Gasteiger partial charge in [0, 0.05) is 25.2 Å². The molecule has 0 amide bonds. The van der Waals surface area contributed by atoms with Crippen molar-refractivity contribution in [1.82, 2.24) is 0 Å². The van der Waals surface area contributed by atoms with Crippen molar-refractivity contribution in [2.45, 2.75) is 13.8 Å². The van der Waals surface area contributed by atoms with Crippen molar-refractivity contribution in [3.8, 4) is 0 Å². The van der Waals surface area contributed by atoms with Gasteiger partial charge in [0.2, 0.25) is 0 Å². The molecule has 0 saturated heterocycles. The molecule has 1 rings (SSSR count). The Balaban J connectivity index is 3.02. The first-order valence-electron chi connectivity index (χ1n) is 4.95. The van der Waals surface area contributed by atoms with Gasteiger partial charge in [-0.3, -0.25) is 10.1 Å². The SMILES string of the molecule is CCNc1ccc([N+](=O)[O-])cc1NCC. The molecule has 82 valence electrons. The van der Waals surface area contributed by atoms with Gasteiger partial charge in [-0.1, -0.05) is 0 Å². The standard InChI is InChI=1S/C10H15N3O2/c1-3-11-9-6-5-8(13(14)15)7-10(9)12-4-2/h5-7,11-12H,3-4H2,1-2H3. The summed E-state index contributed by atoms with van der Waals surface area (Å²) in [4.78, 5) is 10.2. The van der Waals surface area contributed by atoms with Gasteiger partial charge in [0.1, 0.15) is 0 Å². The van der Waals surface area contributed by atoms with Crippen molar-refractivity contribution < 1.29 is 4.92 Å². The van der Waals surface area contributed by atoms with E-state index in [9.17, 15) is 10.1 Å². The molecule has 0 heterocycles. The average Bonchev–Trinajstić information content (AvgIpc) is 2.21. The predicted molar refractivity (Wildman–Crippen MR) is 61.4 cm³/mol. The van der Waals surface area contributed by atoms with Crippen LogP contribution in [0.5, 0.6) is 0 Å². The summed E-state index contributed by atoms with van der Waals surface area (Å²) in [6.07, 6.45) is 0. The fourth-order valence-electron chi connectivity index (χ4n) is 1.33. The highest BCUT2D eigenvalue weighted by Gasteiger charge is 2.09. The van der Waals surface area contributed by atoms with Gasteiger partial charge in [0.25, 0.3) is 5.69 Å². The minimum Gasteiger partial charge on any atom is -0.384 e. The van der Waals surface area contributed by atoms with E-state index in [-0.39, 0.29) is 5.69 Å². The van der Waals surface area contributed by atoms with E-state index in [4.69, 9.17) is 0 Å². The number of nitro benzene ring substituents is 1. The minimum absolute atomic E-state index is 0.104. The predicted octanol–water partition coefficient (Wildman–Crippen LogP) is 2.46. The van der Waals surface area contributed by atoms with Crippen molar-refractivity contribution in [1.29, 1.82) is 0 Å². The number of nitrogens with zero attached hydrogens (tertiary/aromatic N) is 1. The first-order chi connectivity index (χ1) is 7.19. The summed E-state index contributed by atoms with van der Waals surface area (Å²) >= 11 is 0. The Morgan fingerprint density at radius 2 is 1.80 bits per heavy atom. The molecule has 5 nitrogen and oxygen atoms in total. The van der Waals surface area contributed by atoms with Gasteiger partial charge in [0.05, 0.1) is 16.3 Å². The summed E-state index contributed by atoms with van der Waals surface area (Å²) in [5.41, 5.74) is 1.77. The number of nitrogens with one attached hydrogen (secondary N) is 2. The van der Waals surface area contributed by atoms with Gasteiger partial charge in [0.15, 0.2) is 0 Å². The zero-order chi connectivity index (χ0) is 11.3. The quantitative estimate of drug-likeness (QED) is 0.577. The number of nitro groups is 1. The van der Waals surface area contributed by atoms with Gasteiger partial charge in [-0.25, -0.2) is 0 Å². The van der Waals surface area contributed by atoms with E-state index >= 15 is 0 Å². The second-order valence-corrected chi connectivity index (χ2v) is 3.05. The number of non-ortho nitro benzene ring substituents is 1. The molecular weight excluding hydrogens is 194 g/mol. The van der Waals surface area contributed by atoms with E-state index < -0.39 is 4.92 Å². The fraction of sp³-hybridized carbons (Fsp3) is 0.400. The van der Waals surface area contributed by atoms with Gasteiger partial charge in [-0.2, -0.15) is 0 Å². The topological polar surface area (TPSA) is 67.2 Å². The maximum atomic E-state index is 10.6. The molecule has 1 aromatic rings. The first-order valence-corrected chi connectivity index (χ1v) is 4.95. The largest absolute Gasteiger partial charge is 0.384 e. The van der Waals surface area contributed by atoms with Crippen LogP contribution in [0, 0.1) is 10.1 Å². The molecule has 5 heteroatoms. The molecule has 15 heavy (non-hydrogen) atoms. The van der Waals surface area contributed by atoms with Crippen molar-refractivity contribution >= 4 is 17.1 Å². The van der Waals surface area contributed by atoms with E-state index in [1.54, 1.807) is 12.1 Å². The lowest BCUT2D eigenvalue weighted by Gasteiger charge is -2.11. The molecule has 0 atom stereocenters. The van der Waals surface area contributed by atoms with E-state index in [2.05, 4.69) is 10.6 Å². The fourth-order valence-corrected chi connectivity index (χ4v) is 1.33. The highest BCUT2D eigenvalue weighted by molar-refractivity contribution is 5.71. The van der Waals surface area contributed by atoms with Crippen LogP contribution in [0.25, 0.3) is 0 Å². The zero-order valence-electron chi connectivity index (χ0n) is 8.91. The molecule has 0 aromatic heterocycles. The lowest BCUT2D eigenvalue weighted by Crippen LogP contribution is -2.04. The van der Waals surface area contributed by atoms with Crippen LogP contribution in [0.15, 0.2) is 18.2 Å². The minimum atomic E-state index is -0.392. The number of anilines is 2. The van der Waals surface area contributed by atoms with E-state index in [0.29, 0.717) is 0 Å². The van der Waals surface area contributed by atoms with Crippen LogP contribution in [0.1, 0.15) is 13.8 Å². The highest BCUT2D eigenvalue weighted by atomic mass is 16.6. The zero-order valence-corrected chi connectivity index (χ0v) is 8.91. The summed E-state index contributed by atoms with van der Waals surface area (Å²) < 4.78 is 0. The third kappa shape index (κ3) is 2.83.